The van der Waals surface area contributed by atoms with Crippen LogP contribution >= 0.6 is 0 Å². The molecule has 1 atom stereocenters. The largest absolute Gasteiger partial charge is 0.493 e. The molecule has 19 heavy (non-hydrogen) atoms. The third kappa shape index (κ3) is 2.69. The zero-order chi connectivity index (χ0) is 13.3. The maximum Gasteiger partial charge on any atom is 0.161 e. The molecule has 1 saturated carbocycles. The molecule has 4 heteroatoms. The Morgan fingerprint density at radius 1 is 1.32 bits per heavy atom. The van der Waals surface area contributed by atoms with Gasteiger partial charge in [-0.2, -0.15) is 0 Å². The molecule has 1 aliphatic carbocycles. The van der Waals surface area contributed by atoms with E-state index in [2.05, 4.69) is 0 Å². The normalized spacial score (nSPS) is 24.8. The molecule has 2 fully saturated rings. The molecule has 3 rings (SSSR count). The van der Waals surface area contributed by atoms with Gasteiger partial charge in [0.25, 0.3) is 0 Å². The summed E-state index contributed by atoms with van der Waals surface area (Å²) in [6.07, 6.45) is 3.79. The highest BCUT2D eigenvalue weighted by molar-refractivity contribution is 5.45. The highest BCUT2D eigenvalue weighted by Crippen LogP contribution is 2.47. The van der Waals surface area contributed by atoms with Crippen molar-refractivity contribution in [2.45, 2.75) is 37.4 Å². The molecule has 1 N–H and O–H groups in total. The first-order valence-corrected chi connectivity index (χ1v) is 6.86. The predicted octanol–water partition coefficient (Wildman–Crippen LogP) is 2.23. The van der Waals surface area contributed by atoms with Gasteiger partial charge >= 0.3 is 0 Å². The molecule has 1 saturated heterocycles. The summed E-state index contributed by atoms with van der Waals surface area (Å²) < 4.78 is 16.7. The highest BCUT2D eigenvalue weighted by atomic mass is 16.5. The number of hydrogen-bond donors (Lipinski definition) is 1. The Bertz CT molecular complexity index is 447. The van der Waals surface area contributed by atoms with E-state index in [0.29, 0.717) is 12.4 Å². The van der Waals surface area contributed by atoms with Gasteiger partial charge in [0, 0.05) is 6.61 Å². The summed E-state index contributed by atoms with van der Waals surface area (Å²) in [6, 6.07) is 5.69. The minimum Gasteiger partial charge on any atom is -0.493 e. The van der Waals surface area contributed by atoms with Gasteiger partial charge < -0.3 is 19.3 Å². The molecule has 1 aromatic rings. The zero-order valence-corrected chi connectivity index (χ0v) is 11.2. The van der Waals surface area contributed by atoms with E-state index in [1.54, 1.807) is 7.11 Å². The first-order chi connectivity index (χ1) is 9.21. The lowest BCUT2D eigenvalue weighted by molar-refractivity contribution is 0.00640. The maximum absolute atomic E-state index is 10.1. The fourth-order valence-electron chi connectivity index (χ4n) is 2.45. The standard InChI is InChI=1S/C15H20O4/c1-17-14-9-11(15(16)6-7-15)4-5-13(14)19-12-3-2-8-18-10-12/h4-5,9,12,16H,2-3,6-8,10H2,1H3. The van der Waals surface area contributed by atoms with Crippen molar-refractivity contribution in [2.75, 3.05) is 20.3 Å². The lowest BCUT2D eigenvalue weighted by Crippen LogP contribution is -2.28. The molecule has 4 nitrogen and oxygen atoms in total. The summed E-state index contributed by atoms with van der Waals surface area (Å²) in [5.74, 6) is 1.41. The molecule has 104 valence electrons. The summed E-state index contributed by atoms with van der Waals surface area (Å²) in [4.78, 5) is 0. The number of rotatable bonds is 4. The van der Waals surface area contributed by atoms with Gasteiger partial charge in [-0.15, -0.1) is 0 Å². The van der Waals surface area contributed by atoms with Crippen molar-refractivity contribution in [2.24, 2.45) is 0 Å². The molecule has 0 bridgehead atoms. The second-order valence-electron chi connectivity index (χ2n) is 5.35. The smallest absolute Gasteiger partial charge is 0.161 e. The van der Waals surface area contributed by atoms with E-state index in [4.69, 9.17) is 14.2 Å². The molecule has 1 unspecified atom stereocenters. The van der Waals surface area contributed by atoms with Crippen molar-refractivity contribution in [1.29, 1.82) is 0 Å². The van der Waals surface area contributed by atoms with Crippen LogP contribution in [0.25, 0.3) is 0 Å². The number of hydrogen-bond acceptors (Lipinski definition) is 4. The fraction of sp³-hybridized carbons (Fsp3) is 0.600. The number of aliphatic hydroxyl groups is 1. The molecular formula is C15H20O4. The highest BCUT2D eigenvalue weighted by Gasteiger charge is 2.42. The van der Waals surface area contributed by atoms with E-state index in [-0.39, 0.29) is 6.10 Å². The summed E-state index contributed by atoms with van der Waals surface area (Å²) in [5.41, 5.74) is 0.274. The average Bonchev–Trinajstić information content (AvgIpc) is 3.19. The molecule has 2 aliphatic rings. The van der Waals surface area contributed by atoms with Gasteiger partial charge in [0.15, 0.2) is 11.5 Å². The van der Waals surface area contributed by atoms with Crippen molar-refractivity contribution in [1.82, 2.24) is 0 Å². The van der Waals surface area contributed by atoms with Crippen molar-refractivity contribution >= 4 is 0 Å². The molecule has 0 radical (unpaired) electrons. The molecule has 0 amide bonds. The first-order valence-electron chi connectivity index (χ1n) is 6.86. The van der Waals surface area contributed by atoms with Gasteiger partial charge in [0.2, 0.25) is 0 Å². The van der Waals surface area contributed by atoms with Gasteiger partial charge in [-0.3, -0.25) is 0 Å². The predicted molar refractivity (Wildman–Crippen MR) is 70.6 cm³/mol. The Morgan fingerprint density at radius 3 is 2.79 bits per heavy atom. The second kappa shape index (κ2) is 5.02. The molecule has 1 heterocycles. The summed E-state index contributed by atoms with van der Waals surface area (Å²) >= 11 is 0. The van der Waals surface area contributed by atoms with E-state index < -0.39 is 5.60 Å². The second-order valence-corrected chi connectivity index (χ2v) is 5.35. The van der Waals surface area contributed by atoms with Gasteiger partial charge in [0.05, 0.1) is 19.3 Å². The van der Waals surface area contributed by atoms with Crippen LogP contribution in [-0.4, -0.2) is 31.5 Å². The quantitative estimate of drug-likeness (QED) is 0.906. The van der Waals surface area contributed by atoms with Crippen molar-refractivity contribution in [3.63, 3.8) is 0 Å². The molecule has 0 aromatic heterocycles. The maximum atomic E-state index is 10.1. The van der Waals surface area contributed by atoms with Crippen LogP contribution in [0, 0.1) is 0 Å². The zero-order valence-electron chi connectivity index (χ0n) is 11.2. The van der Waals surface area contributed by atoms with E-state index in [1.165, 1.54) is 0 Å². The molecular weight excluding hydrogens is 244 g/mol. The van der Waals surface area contributed by atoms with Crippen LogP contribution in [0.1, 0.15) is 31.2 Å². The Hall–Kier alpha value is -1.26. The summed E-state index contributed by atoms with van der Waals surface area (Å²) in [5, 5.41) is 10.1. The Labute approximate surface area is 113 Å². The van der Waals surface area contributed by atoms with Gasteiger partial charge in [-0.05, 0) is 43.4 Å². The lowest BCUT2D eigenvalue weighted by atomic mass is 10.1. The monoisotopic (exact) mass is 264 g/mol. The van der Waals surface area contributed by atoms with Gasteiger partial charge in [-0.25, -0.2) is 0 Å². The van der Waals surface area contributed by atoms with Crippen LogP contribution in [0.2, 0.25) is 0 Å². The Kier molecular flexibility index (Phi) is 3.37. The fourth-order valence-corrected chi connectivity index (χ4v) is 2.45. The SMILES string of the molecule is COc1cc(C2(O)CC2)ccc1OC1CCCOC1. The average molecular weight is 264 g/mol. The molecule has 0 spiro atoms. The van der Waals surface area contributed by atoms with Crippen LogP contribution in [0.4, 0.5) is 0 Å². The lowest BCUT2D eigenvalue weighted by Gasteiger charge is -2.24. The van der Waals surface area contributed by atoms with Crippen LogP contribution in [0.15, 0.2) is 18.2 Å². The van der Waals surface area contributed by atoms with Crippen molar-refractivity contribution in [3.8, 4) is 11.5 Å². The molecule has 1 aliphatic heterocycles. The van der Waals surface area contributed by atoms with Crippen molar-refractivity contribution < 1.29 is 19.3 Å². The molecule has 1 aromatic carbocycles. The van der Waals surface area contributed by atoms with Crippen LogP contribution in [0.3, 0.4) is 0 Å². The van der Waals surface area contributed by atoms with Crippen LogP contribution in [-0.2, 0) is 10.3 Å². The van der Waals surface area contributed by atoms with Crippen LogP contribution < -0.4 is 9.47 Å². The Morgan fingerprint density at radius 2 is 2.16 bits per heavy atom. The summed E-state index contributed by atoms with van der Waals surface area (Å²) in [7, 11) is 1.63. The van der Waals surface area contributed by atoms with E-state index in [1.807, 2.05) is 18.2 Å². The van der Waals surface area contributed by atoms with E-state index in [0.717, 1.165) is 43.6 Å². The van der Waals surface area contributed by atoms with E-state index in [9.17, 15) is 5.11 Å². The van der Waals surface area contributed by atoms with Crippen LogP contribution in [0.5, 0.6) is 11.5 Å². The minimum absolute atomic E-state index is 0.0949. The topological polar surface area (TPSA) is 47.9 Å². The third-order valence-electron chi connectivity index (χ3n) is 3.84. The van der Waals surface area contributed by atoms with Gasteiger partial charge in [0.1, 0.15) is 6.10 Å². The van der Waals surface area contributed by atoms with Gasteiger partial charge in [-0.1, -0.05) is 6.07 Å². The Balaban J connectivity index is 1.76. The van der Waals surface area contributed by atoms with E-state index >= 15 is 0 Å². The summed E-state index contributed by atoms with van der Waals surface area (Å²) in [6.45, 7) is 1.46. The first kappa shape index (κ1) is 12.8. The number of methoxy groups -OCH3 is 1. The third-order valence-corrected chi connectivity index (χ3v) is 3.84. The number of benzene rings is 1. The minimum atomic E-state index is -0.639. The van der Waals surface area contributed by atoms with Crippen molar-refractivity contribution in [3.05, 3.63) is 23.8 Å². The number of ether oxygens (including phenoxy) is 3.